The molecule has 2 nitrogen and oxygen atoms in total. The summed E-state index contributed by atoms with van der Waals surface area (Å²) < 4.78 is 0. The van der Waals surface area contributed by atoms with Gasteiger partial charge in [-0.1, -0.05) is 20.1 Å². The topological polar surface area (TPSA) is 24.4 Å². The summed E-state index contributed by atoms with van der Waals surface area (Å²) in [7, 11) is 0. The van der Waals surface area contributed by atoms with E-state index in [1.807, 2.05) is 6.92 Å². The summed E-state index contributed by atoms with van der Waals surface area (Å²) in [6.45, 7) is 8.99. The van der Waals surface area contributed by atoms with Crippen LogP contribution in [0.4, 0.5) is 0 Å². The van der Waals surface area contributed by atoms with E-state index >= 15 is 0 Å². The lowest BCUT2D eigenvalue weighted by molar-refractivity contribution is 1.13. The summed E-state index contributed by atoms with van der Waals surface area (Å²) in [5.74, 6) is 0.889. The Morgan fingerprint density at radius 1 is 1.67 bits per heavy atom. The summed E-state index contributed by atoms with van der Waals surface area (Å²) in [6.07, 6.45) is 3.99. The first-order chi connectivity index (χ1) is 4.35. The first-order valence-corrected chi connectivity index (χ1v) is 2.90. The summed E-state index contributed by atoms with van der Waals surface area (Å²) in [6, 6.07) is 0. The largest absolute Gasteiger partial charge is 0.351 e. The Labute approximate surface area is 56.0 Å². The summed E-state index contributed by atoms with van der Waals surface area (Å²) in [4.78, 5) is 3.93. The zero-order chi connectivity index (χ0) is 7.11. The maximum Gasteiger partial charge on any atom is 0.105 e. The van der Waals surface area contributed by atoms with Gasteiger partial charge in [0.05, 0.1) is 0 Å². The standard InChI is InChI=1S/C7H12N2/c1-4-7(8-5-2)9-6-3/h5-6H,2-4H2,1H3,(H,8,9). The molecule has 0 amide bonds. The molecule has 0 fully saturated rings. The number of amidine groups is 1. The molecule has 0 radical (unpaired) electrons. The van der Waals surface area contributed by atoms with Crippen LogP contribution in [0.5, 0.6) is 0 Å². The molecule has 0 unspecified atom stereocenters. The molecular weight excluding hydrogens is 112 g/mol. The molecule has 1 N–H and O–H groups in total. The second-order valence-electron chi connectivity index (χ2n) is 1.46. The first kappa shape index (κ1) is 7.95. The van der Waals surface area contributed by atoms with Crippen molar-refractivity contribution in [1.29, 1.82) is 0 Å². The molecule has 0 heterocycles. The van der Waals surface area contributed by atoms with Gasteiger partial charge in [-0.05, 0) is 6.20 Å². The highest BCUT2D eigenvalue weighted by molar-refractivity contribution is 5.83. The van der Waals surface area contributed by atoms with Gasteiger partial charge in [0, 0.05) is 12.6 Å². The summed E-state index contributed by atoms with van der Waals surface area (Å²) in [5, 5.41) is 2.88. The molecule has 0 aromatic heterocycles. The molecule has 0 bridgehead atoms. The van der Waals surface area contributed by atoms with Crippen molar-refractivity contribution in [3.05, 3.63) is 25.6 Å². The van der Waals surface area contributed by atoms with Gasteiger partial charge in [0.25, 0.3) is 0 Å². The molecule has 0 saturated heterocycles. The zero-order valence-corrected chi connectivity index (χ0v) is 5.72. The molecule has 0 atom stereocenters. The van der Waals surface area contributed by atoms with Gasteiger partial charge in [-0.25, -0.2) is 4.99 Å². The summed E-state index contributed by atoms with van der Waals surface area (Å²) >= 11 is 0. The highest BCUT2D eigenvalue weighted by Gasteiger charge is 1.85. The van der Waals surface area contributed by atoms with Crippen LogP contribution in [0.1, 0.15) is 13.3 Å². The van der Waals surface area contributed by atoms with Crippen molar-refractivity contribution in [3.8, 4) is 0 Å². The number of rotatable bonds is 3. The molecule has 0 aromatic carbocycles. The predicted octanol–water partition coefficient (Wildman–Crippen LogP) is 1.67. The number of hydrogen-bond acceptors (Lipinski definition) is 1. The van der Waals surface area contributed by atoms with Gasteiger partial charge >= 0.3 is 0 Å². The Hall–Kier alpha value is -1.05. The molecule has 0 saturated carbocycles. The summed E-state index contributed by atoms with van der Waals surface area (Å²) in [5.41, 5.74) is 0. The average molecular weight is 124 g/mol. The molecule has 0 aliphatic rings. The van der Waals surface area contributed by atoms with E-state index in [4.69, 9.17) is 0 Å². The van der Waals surface area contributed by atoms with Crippen molar-refractivity contribution in [2.75, 3.05) is 0 Å². The van der Waals surface area contributed by atoms with Crippen LogP contribution in [0, 0.1) is 0 Å². The molecular formula is C7H12N2. The normalized spacial score (nSPS) is 10.6. The minimum absolute atomic E-state index is 0.873. The quantitative estimate of drug-likeness (QED) is 0.449. The van der Waals surface area contributed by atoms with Crippen LogP contribution in [0.25, 0.3) is 0 Å². The third-order valence-electron chi connectivity index (χ3n) is 0.851. The van der Waals surface area contributed by atoms with E-state index in [2.05, 4.69) is 23.5 Å². The van der Waals surface area contributed by atoms with Crippen LogP contribution in [-0.2, 0) is 0 Å². The highest BCUT2D eigenvalue weighted by Crippen LogP contribution is 1.81. The number of hydrogen-bond donors (Lipinski definition) is 1. The van der Waals surface area contributed by atoms with Gasteiger partial charge in [0.2, 0.25) is 0 Å². The fourth-order valence-electron chi connectivity index (χ4n) is 0.459. The van der Waals surface area contributed by atoms with Crippen molar-refractivity contribution in [2.45, 2.75) is 13.3 Å². The van der Waals surface area contributed by atoms with E-state index in [1.165, 1.54) is 6.20 Å². The van der Waals surface area contributed by atoms with E-state index in [1.54, 1.807) is 6.20 Å². The van der Waals surface area contributed by atoms with Crippen LogP contribution in [0.15, 0.2) is 30.6 Å². The zero-order valence-electron chi connectivity index (χ0n) is 5.72. The average Bonchev–Trinajstić information content (AvgIpc) is 1.88. The molecule has 0 aromatic rings. The Bertz CT molecular complexity index is 125. The van der Waals surface area contributed by atoms with E-state index < -0.39 is 0 Å². The number of aliphatic imine (C=N–C) groups is 1. The van der Waals surface area contributed by atoms with Crippen molar-refractivity contribution >= 4 is 5.84 Å². The molecule has 9 heavy (non-hydrogen) atoms. The second kappa shape index (κ2) is 5.09. The Morgan fingerprint density at radius 2 is 2.33 bits per heavy atom. The van der Waals surface area contributed by atoms with E-state index in [0.717, 1.165) is 12.3 Å². The lowest BCUT2D eigenvalue weighted by Crippen LogP contribution is -2.14. The third kappa shape index (κ3) is 3.53. The maximum atomic E-state index is 3.93. The van der Waals surface area contributed by atoms with Crippen molar-refractivity contribution < 1.29 is 0 Å². The van der Waals surface area contributed by atoms with Crippen LogP contribution in [-0.4, -0.2) is 5.84 Å². The molecule has 0 spiro atoms. The number of nitrogens with one attached hydrogen (secondary N) is 1. The van der Waals surface area contributed by atoms with Crippen LogP contribution in [0.3, 0.4) is 0 Å². The van der Waals surface area contributed by atoms with Gasteiger partial charge in [-0.3, -0.25) is 0 Å². The van der Waals surface area contributed by atoms with Crippen molar-refractivity contribution in [2.24, 2.45) is 4.99 Å². The van der Waals surface area contributed by atoms with E-state index in [0.29, 0.717) is 0 Å². The van der Waals surface area contributed by atoms with Crippen molar-refractivity contribution in [1.82, 2.24) is 5.32 Å². The van der Waals surface area contributed by atoms with Gasteiger partial charge in [0.15, 0.2) is 0 Å². The molecule has 2 heteroatoms. The molecule has 50 valence electrons. The fourth-order valence-corrected chi connectivity index (χ4v) is 0.459. The SMILES string of the molecule is C=CN=C(CC)NC=C. The van der Waals surface area contributed by atoms with Gasteiger partial charge < -0.3 is 5.32 Å². The van der Waals surface area contributed by atoms with E-state index in [9.17, 15) is 0 Å². The second-order valence-corrected chi connectivity index (χ2v) is 1.46. The maximum absolute atomic E-state index is 3.93. The van der Waals surface area contributed by atoms with Crippen LogP contribution >= 0.6 is 0 Å². The van der Waals surface area contributed by atoms with Crippen molar-refractivity contribution in [3.63, 3.8) is 0 Å². The van der Waals surface area contributed by atoms with E-state index in [-0.39, 0.29) is 0 Å². The van der Waals surface area contributed by atoms with Gasteiger partial charge in [0.1, 0.15) is 5.84 Å². The van der Waals surface area contributed by atoms with Gasteiger partial charge in [-0.15, -0.1) is 0 Å². The van der Waals surface area contributed by atoms with Crippen LogP contribution < -0.4 is 5.32 Å². The first-order valence-electron chi connectivity index (χ1n) is 2.90. The van der Waals surface area contributed by atoms with Crippen LogP contribution in [0.2, 0.25) is 0 Å². The Balaban J connectivity index is 3.79. The highest BCUT2D eigenvalue weighted by atomic mass is 15.0. The molecule has 0 aliphatic carbocycles. The monoisotopic (exact) mass is 124 g/mol. The molecule has 0 rings (SSSR count). The van der Waals surface area contributed by atoms with Gasteiger partial charge in [-0.2, -0.15) is 0 Å². The minimum atomic E-state index is 0.873. The molecule has 0 aliphatic heterocycles. The smallest absolute Gasteiger partial charge is 0.105 e. The fraction of sp³-hybridized carbons (Fsp3) is 0.286. The predicted molar refractivity (Wildman–Crippen MR) is 41.3 cm³/mol. The Morgan fingerprint density at radius 3 is 2.67 bits per heavy atom. The lowest BCUT2D eigenvalue weighted by atomic mass is 10.4. The number of nitrogens with zero attached hydrogens (tertiary/aromatic N) is 1. The minimum Gasteiger partial charge on any atom is -0.351 e. The third-order valence-corrected chi connectivity index (χ3v) is 0.851. The lowest BCUT2D eigenvalue weighted by Gasteiger charge is -1.98. The Kier molecular flexibility index (Phi) is 4.50.